The zero-order chi connectivity index (χ0) is 23.8. The Morgan fingerprint density at radius 2 is 2.12 bits per heavy atom. The summed E-state index contributed by atoms with van der Waals surface area (Å²) in [6.45, 7) is 2.12. The normalized spacial score (nSPS) is 22.1. The number of para-hydroxylation sites is 2. The van der Waals surface area contributed by atoms with Crippen LogP contribution in [0.4, 0.5) is 5.69 Å². The maximum Gasteiger partial charge on any atom is 0.271 e. The highest BCUT2D eigenvalue weighted by Gasteiger charge is 2.42. The molecule has 9 heteroatoms. The Hall–Kier alpha value is -3.07. The second kappa shape index (κ2) is 9.29. The third-order valence-electron chi connectivity index (χ3n) is 7.30. The van der Waals surface area contributed by atoms with Crippen LogP contribution in [0.3, 0.4) is 0 Å². The van der Waals surface area contributed by atoms with Crippen LogP contribution in [0.2, 0.25) is 0 Å². The summed E-state index contributed by atoms with van der Waals surface area (Å²) in [6, 6.07) is 12.3. The average molecular weight is 481 g/mol. The van der Waals surface area contributed by atoms with Gasteiger partial charge >= 0.3 is 0 Å². The third-order valence-corrected chi connectivity index (χ3v) is 8.24. The number of nitro benzene ring substituents is 1. The predicted molar refractivity (Wildman–Crippen MR) is 132 cm³/mol. The summed E-state index contributed by atoms with van der Waals surface area (Å²) in [5, 5.41) is 15.1. The lowest BCUT2D eigenvalue weighted by atomic mass is 9.84. The smallest absolute Gasteiger partial charge is 0.271 e. The SMILES string of the molecule is COc1ccccc1-n1c(SCC(=O)N[C@H](C)[C@H]2C[C@@H]3CC[C@@H]2C3)nc2cc([N+](=O)[O-])ccc21. The first-order chi connectivity index (χ1) is 16.4. The van der Waals surface area contributed by atoms with Crippen molar-refractivity contribution in [3.8, 4) is 11.4 Å². The van der Waals surface area contributed by atoms with E-state index in [0.717, 1.165) is 17.5 Å². The van der Waals surface area contributed by atoms with Crippen molar-refractivity contribution in [3.05, 3.63) is 52.6 Å². The number of thioether (sulfide) groups is 1. The molecule has 0 radical (unpaired) electrons. The fraction of sp³-hybridized carbons (Fsp3) is 0.440. The molecule has 5 rings (SSSR count). The van der Waals surface area contributed by atoms with Gasteiger partial charge in [0.1, 0.15) is 5.75 Å². The Morgan fingerprint density at radius 1 is 1.29 bits per heavy atom. The van der Waals surface area contributed by atoms with Crippen LogP contribution in [0, 0.1) is 27.9 Å². The Kier molecular flexibility index (Phi) is 6.20. The van der Waals surface area contributed by atoms with Gasteiger partial charge in [0.25, 0.3) is 5.69 Å². The quantitative estimate of drug-likeness (QED) is 0.277. The number of nitro groups is 1. The molecular formula is C25H28N4O4S. The molecule has 1 heterocycles. The van der Waals surface area contributed by atoms with Gasteiger partial charge in [0.05, 0.1) is 34.5 Å². The first-order valence-corrected chi connectivity index (χ1v) is 12.7. The van der Waals surface area contributed by atoms with E-state index in [4.69, 9.17) is 4.74 Å². The van der Waals surface area contributed by atoms with Crippen molar-refractivity contribution >= 4 is 34.4 Å². The lowest BCUT2D eigenvalue weighted by Gasteiger charge is -2.28. The lowest BCUT2D eigenvalue weighted by molar-refractivity contribution is -0.384. The molecule has 4 atom stereocenters. The minimum atomic E-state index is -0.432. The number of ether oxygens (including phenoxy) is 1. The van der Waals surface area contributed by atoms with Crippen LogP contribution in [0.25, 0.3) is 16.7 Å². The number of carbonyl (C=O) groups is 1. The van der Waals surface area contributed by atoms with E-state index in [0.29, 0.717) is 27.9 Å². The van der Waals surface area contributed by atoms with Crippen molar-refractivity contribution in [2.75, 3.05) is 12.9 Å². The maximum atomic E-state index is 12.8. The number of non-ortho nitro benzene ring substituents is 1. The zero-order valence-electron chi connectivity index (χ0n) is 19.3. The van der Waals surface area contributed by atoms with Crippen LogP contribution in [-0.4, -0.2) is 39.3 Å². The molecule has 2 aromatic carbocycles. The summed E-state index contributed by atoms with van der Waals surface area (Å²) < 4.78 is 7.45. The number of hydrogen-bond donors (Lipinski definition) is 1. The summed E-state index contributed by atoms with van der Waals surface area (Å²) in [5.74, 6) is 3.01. The van der Waals surface area contributed by atoms with Gasteiger partial charge in [-0.15, -0.1) is 0 Å². The number of imidazole rings is 1. The molecule has 0 unspecified atom stereocenters. The molecule has 1 amide bonds. The van der Waals surface area contributed by atoms with E-state index >= 15 is 0 Å². The van der Waals surface area contributed by atoms with E-state index in [2.05, 4.69) is 17.2 Å². The summed E-state index contributed by atoms with van der Waals surface area (Å²) in [6.07, 6.45) is 5.17. The van der Waals surface area contributed by atoms with Gasteiger partial charge in [-0.05, 0) is 62.1 Å². The molecule has 0 aliphatic heterocycles. The van der Waals surface area contributed by atoms with Gasteiger partial charge in [-0.25, -0.2) is 4.98 Å². The van der Waals surface area contributed by atoms with Crippen LogP contribution >= 0.6 is 11.8 Å². The molecule has 1 aromatic heterocycles. The predicted octanol–water partition coefficient (Wildman–Crippen LogP) is 4.98. The molecular weight excluding hydrogens is 452 g/mol. The molecule has 2 aliphatic rings. The number of nitrogens with zero attached hydrogens (tertiary/aromatic N) is 3. The fourth-order valence-corrected chi connectivity index (χ4v) is 6.58. The molecule has 2 aliphatic carbocycles. The first kappa shape index (κ1) is 22.7. The molecule has 2 bridgehead atoms. The van der Waals surface area contributed by atoms with Gasteiger partial charge in [0.2, 0.25) is 5.91 Å². The van der Waals surface area contributed by atoms with E-state index in [1.54, 1.807) is 13.2 Å². The van der Waals surface area contributed by atoms with Crippen molar-refractivity contribution in [2.24, 2.45) is 17.8 Å². The number of methoxy groups -OCH3 is 1. The number of carbonyl (C=O) groups excluding carboxylic acids is 1. The lowest BCUT2D eigenvalue weighted by Crippen LogP contribution is -2.40. The highest BCUT2D eigenvalue weighted by Crippen LogP contribution is 2.49. The second-order valence-electron chi connectivity index (χ2n) is 9.32. The molecule has 1 N–H and O–H groups in total. The molecule has 34 heavy (non-hydrogen) atoms. The van der Waals surface area contributed by atoms with Gasteiger partial charge in [-0.3, -0.25) is 19.5 Å². The molecule has 2 saturated carbocycles. The topological polar surface area (TPSA) is 99.3 Å². The molecule has 0 spiro atoms. The molecule has 0 saturated heterocycles. The number of hydrogen-bond acceptors (Lipinski definition) is 6. The summed E-state index contributed by atoms with van der Waals surface area (Å²) in [4.78, 5) is 28.3. The molecule has 2 fully saturated rings. The Labute approximate surface area is 202 Å². The summed E-state index contributed by atoms with van der Waals surface area (Å²) in [7, 11) is 1.60. The largest absolute Gasteiger partial charge is 0.495 e. The highest BCUT2D eigenvalue weighted by molar-refractivity contribution is 7.99. The summed E-state index contributed by atoms with van der Waals surface area (Å²) >= 11 is 1.32. The minimum Gasteiger partial charge on any atom is -0.495 e. The Bertz CT molecular complexity index is 1240. The van der Waals surface area contributed by atoms with Crippen molar-refractivity contribution in [1.82, 2.24) is 14.9 Å². The van der Waals surface area contributed by atoms with E-state index in [9.17, 15) is 14.9 Å². The standard InChI is InChI=1S/C25H28N4O4S/c1-15(19-12-16-7-8-17(19)11-16)26-24(30)14-34-25-27-20-13-18(29(31)32)9-10-21(20)28(25)22-5-3-4-6-23(22)33-2/h3-6,9-10,13,15-17,19H,7-8,11-12,14H2,1-2H3,(H,26,30)/t15-,16-,17-,19-/m1/s1. The second-order valence-corrected chi connectivity index (χ2v) is 10.3. The van der Waals surface area contributed by atoms with Crippen LogP contribution in [0.15, 0.2) is 47.6 Å². The van der Waals surface area contributed by atoms with E-state index < -0.39 is 4.92 Å². The van der Waals surface area contributed by atoms with Crippen LogP contribution in [0.5, 0.6) is 5.75 Å². The van der Waals surface area contributed by atoms with E-state index in [1.165, 1.54) is 49.6 Å². The maximum absolute atomic E-state index is 12.8. The van der Waals surface area contributed by atoms with Gasteiger partial charge in [-0.1, -0.05) is 30.3 Å². The van der Waals surface area contributed by atoms with E-state index in [-0.39, 0.29) is 23.4 Å². The number of rotatable bonds is 8. The van der Waals surface area contributed by atoms with Crippen molar-refractivity contribution in [3.63, 3.8) is 0 Å². The Morgan fingerprint density at radius 3 is 2.82 bits per heavy atom. The Balaban J connectivity index is 1.39. The monoisotopic (exact) mass is 480 g/mol. The van der Waals surface area contributed by atoms with Gasteiger partial charge in [0.15, 0.2) is 5.16 Å². The first-order valence-electron chi connectivity index (χ1n) is 11.7. The number of amides is 1. The number of benzene rings is 2. The molecule has 3 aromatic rings. The van der Waals surface area contributed by atoms with Gasteiger partial charge in [0, 0.05) is 18.2 Å². The fourth-order valence-electron chi connectivity index (χ4n) is 5.74. The highest BCUT2D eigenvalue weighted by atomic mass is 32.2. The van der Waals surface area contributed by atoms with Gasteiger partial charge in [-0.2, -0.15) is 0 Å². The van der Waals surface area contributed by atoms with Crippen molar-refractivity contribution < 1.29 is 14.5 Å². The number of fused-ring (bicyclic) bond motifs is 3. The number of aromatic nitrogens is 2. The van der Waals surface area contributed by atoms with Crippen LogP contribution in [0.1, 0.15) is 32.6 Å². The van der Waals surface area contributed by atoms with E-state index in [1.807, 2.05) is 28.8 Å². The van der Waals surface area contributed by atoms with Crippen molar-refractivity contribution in [2.45, 2.75) is 43.8 Å². The number of nitrogens with one attached hydrogen (secondary N) is 1. The minimum absolute atomic E-state index is 0.0221. The van der Waals surface area contributed by atoms with Crippen LogP contribution in [-0.2, 0) is 4.79 Å². The summed E-state index contributed by atoms with van der Waals surface area (Å²) in [5.41, 5.74) is 1.96. The van der Waals surface area contributed by atoms with Crippen LogP contribution < -0.4 is 10.1 Å². The average Bonchev–Trinajstić information content (AvgIpc) is 3.56. The molecule has 178 valence electrons. The molecule has 8 nitrogen and oxygen atoms in total. The van der Waals surface area contributed by atoms with Gasteiger partial charge < -0.3 is 10.1 Å². The third kappa shape index (κ3) is 4.24. The zero-order valence-corrected chi connectivity index (χ0v) is 20.1. The van der Waals surface area contributed by atoms with Crippen molar-refractivity contribution in [1.29, 1.82) is 0 Å².